The summed E-state index contributed by atoms with van der Waals surface area (Å²) in [5, 5.41) is -0.808. The average molecular weight is 254 g/mol. The standard InChI is InChI=1S/C8H14O5S2/c1-3-8(9)13-4-5-14-6-7(2)15(10,11)12/h3,7H,1,4-6H2,2H3,(H,10,11,12). The number of hydrogen-bond donors (Lipinski definition) is 1. The summed E-state index contributed by atoms with van der Waals surface area (Å²) in [6.07, 6.45) is 1.06. The molecule has 0 saturated heterocycles. The third kappa shape index (κ3) is 7.40. The molecule has 0 fully saturated rings. The van der Waals surface area contributed by atoms with Crippen LogP contribution >= 0.6 is 11.8 Å². The molecule has 0 radical (unpaired) electrons. The number of rotatable bonds is 7. The number of carbonyl (C=O) groups excluding carboxylic acids is 1. The van der Waals surface area contributed by atoms with Gasteiger partial charge in [0.25, 0.3) is 10.1 Å². The van der Waals surface area contributed by atoms with Crippen molar-refractivity contribution in [3.05, 3.63) is 12.7 Å². The number of ether oxygens (including phenoxy) is 1. The lowest BCUT2D eigenvalue weighted by Gasteiger charge is -2.07. The zero-order chi connectivity index (χ0) is 11.9. The normalized spacial score (nSPS) is 13.2. The van der Waals surface area contributed by atoms with Gasteiger partial charge in [-0.25, -0.2) is 4.79 Å². The van der Waals surface area contributed by atoms with E-state index in [1.54, 1.807) is 0 Å². The van der Waals surface area contributed by atoms with Crippen molar-refractivity contribution in [2.75, 3.05) is 18.1 Å². The van der Waals surface area contributed by atoms with Crippen LogP contribution < -0.4 is 0 Å². The summed E-state index contributed by atoms with van der Waals surface area (Å²) >= 11 is 1.29. The van der Waals surface area contributed by atoms with Crippen LogP contribution in [0.2, 0.25) is 0 Å². The molecule has 0 aliphatic rings. The van der Waals surface area contributed by atoms with E-state index in [2.05, 4.69) is 11.3 Å². The van der Waals surface area contributed by atoms with Crippen molar-refractivity contribution in [2.24, 2.45) is 0 Å². The Morgan fingerprint density at radius 2 is 2.27 bits per heavy atom. The van der Waals surface area contributed by atoms with Crippen LogP contribution in [-0.2, 0) is 19.6 Å². The van der Waals surface area contributed by atoms with Gasteiger partial charge in [0, 0.05) is 17.6 Å². The number of hydrogen-bond acceptors (Lipinski definition) is 5. The van der Waals surface area contributed by atoms with E-state index >= 15 is 0 Å². The largest absolute Gasteiger partial charge is 0.462 e. The lowest BCUT2D eigenvalue weighted by Crippen LogP contribution is -2.19. The molecule has 1 atom stereocenters. The van der Waals surface area contributed by atoms with Crippen molar-refractivity contribution in [3.8, 4) is 0 Å². The molecule has 5 nitrogen and oxygen atoms in total. The van der Waals surface area contributed by atoms with E-state index in [0.717, 1.165) is 6.08 Å². The molecule has 0 heterocycles. The van der Waals surface area contributed by atoms with Crippen molar-refractivity contribution in [3.63, 3.8) is 0 Å². The Hall–Kier alpha value is -0.530. The smallest absolute Gasteiger partial charge is 0.330 e. The van der Waals surface area contributed by atoms with Crippen molar-refractivity contribution in [2.45, 2.75) is 12.2 Å². The summed E-state index contributed by atoms with van der Waals surface area (Å²) in [6, 6.07) is 0. The molecule has 0 amide bonds. The van der Waals surface area contributed by atoms with E-state index in [0.29, 0.717) is 5.75 Å². The molecule has 0 bridgehead atoms. The van der Waals surface area contributed by atoms with Crippen LogP contribution in [0.1, 0.15) is 6.92 Å². The fourth-order valence-corrected chi connectivity index (χ4v) is 2.27. The average Bonchev–Trinajstić information content (AvgIpc) is 2.15. The number of thioether (sulfide) groups is 1. The number of esters is 1. The molecule has 1 N–H and O–H groups in total. The molecule has 0 aliphatic carbocycles. The van der Waals surface area contributed by atoms with E-state index in [-0.39, 0.29) is 12.4 Å². The molecule has 0 aromatic rings. The van der Waals surface area contributed by atoms with E-state index in [4.69, 9.17) is 4.55 Å². The van der Waals surface area contributed by atoms with E-state index in [9.17, 15) is 13.2 Å². The van der Waals surface area contributed by atoms with Crippen LogP contribution in [0.25, 0.3) is 0 Å². The van der Waals surface area contributed by atoms with Crippen molar-refractivity contribution < 1.29 is 22.5 Å². The van der Waals surface area contributed by atoms with Gasteiger partial charge >= 0.3 is 5.97 Å². The van der Waals surface area contributed by atoms with Gasteiger partial charge in [0.15, 0.2) is 0 Å². The lowest BCUT2D eigenvalue weighted by atomic mass is 10.6. The molecular weight excluding hydrogens is 240 g/mol. The van der Waals surface area contributed by atoms with Gasteiger partial charge in [-0.2, -0.15) is 20.2 Å². The van der Waals surface area contributed by atoms with Crippen LogP contribution in [0.15, 0.2) is 12.7 Å². The van der Waals surface area contributed by atoms with Crippen molar-refractivity contribution in [1.29, 1.82) is 0 Å². The number of carbonyl (C=O) groups is 1. The fraction of sp³-hybridized carbons (Fsp3) is 0.625. The van der Waals surface area contributed by atoms with Crippen LogP contribution in [-0.4, -0.2) is 42.3 Å². The van der Waals surface area contributed by atoms with E-state index in [1.165, 1.54) is 18.7 Å². The van der Waals surface area contributed by atoms with Crippen molar-refractivity contribution in [1.82, 2.24) is 0 Å². The van der Waals surface area contributed by atoms with Crippen LogP contribution in [0.4, 0.5) is 0 Å². The van der Waals surface area contributed by atoms with Gasteiger partial charge in [-0.1, -0.05) is 6.58 Å². The zero-order valence-electron chi connectivity index (χ0n) is 8.38. The van der Waals surface area contributed by atoms with Gasteiger partial charge in [-0.05, 0) is 6.92 Å². The Labute approximate surface area is 93.6 Å². The molecule has 0 aromatic heterocycles. The summed E-state index contributed by atoms with van der Waals surface area (Å²) < 4.78 is 34.5. The second-order valence-electron chi connectivity index (χ2n) is 2.77. The fourth-order valence-electron chi connectivity index (χ4n) is 0.595. The highest BCUT2D eigenvalue weighted by molar-refractivity contribution is 8.00. The quantitative estimate of drug-likeness (QED) is 0.312. The van der Waals surface area contributed by atoms with Crippen molar-refractivity contribution >= 4 is 27.8 Å². The molecule has 0 saturated carbocycles. The molecule has 7 heteroatoms. The van der Waals surface area contributed by atoms with Crippen LogP contribution in [0.3, 0.4) is 0 Å². The molecule has 0 aliphatic heterocycles. The molecular formula is C8H14O5S2. The topological polar surface area (TPSA) is 80.7 Å². The Balaban J connectivity index is 3.56. The lowest BCUT2D eigenvalue weighted by molar-refractivity contribution is -0.137. The Bertz CT molecular complexity index is 309. The first-order valence-corrected chi connectivity index (χ1v) is 6.87. The first-order chi connectivity index (χ1) is 6.88. The first-order valence-electron chi connectivity index (χ1n) is 4.21. The highest BCUT2D eigenvalue weighted by atomic mass is 32.2. The molecule has 0 spiro atoms. The summed E-state index contributed by atoms with van der Waals surface area (Å²) in [4.78, 5) is 10.6. The van der Waals surface area contributed by atoms with Crippen LogP contribution in [0.5, 0.6) is 0 Å². The van der Waals surface area contributed by atoms with Gasteiger partial charge in [0.1, 0.15) is 6.61 Å². The van der Waals surface area contributed by atoms with E-state index in [1.807, 2.05) is 0 Å². The summed E-state index contributed by atoms with van der Waals surface area (Å²) in [7, 11) is -3.96. The van der Waals surface area contributed by atoms with Gasteiger partial charge in [0.05, 0.1) is 5.25 Å². The zero-order valence-corrected chi connectivity index (χ0v) is 10.0. The van der Waals surface area contributed by atoms with Gasteiger partial charge in [0.2, 0.25) is 0 Å². The molecule has 88 valence electrons. The predicted molar refractivity (Wildman–Crippen MR) is 59.5 cm³/mol. The maximum atomic E-state index is 10.6. The summed E-state index contributed by atoms with van der Waals surface area (Å²) in [5.41, 5.74) is 0. The Morgan fingerprint density at radius 3 is 2.73 bits per heavy atom. The minimum absolute atomic E-state index is 0.202. The molecule has 1 unspecified atom stereocenters. The summed E-state index contributed by atoms with van der Waals surface area (Å²) in [6.45, 7) is 4.84. The minimum atomic E-state index is -3.96. The second-order valence-corrected chi connectivity index (χ2v) is 5.76. The second kappa shape index (κ2) is 6.86. The highest BCUT2D eigenvalue weighted by Gasteiger charge is 2.16. The summed E-state index contributed by atoms with van der Waals surface area (Å²) in [5.74, 6) is 0.252. The first kappa shape index (κ1) is 14.5. The third-order valence-electron chi connectivity index (χ3n) is 1.50. The molecule has 0 rings (SSSR count). The van der Waals surface area contributed by atoms with Gasteiger partial charge < -0.3 is 4.74 Å². The molecule has 0 aromatic carbocycles. The highest BCUT2D eigenvalue weighted by Crippen LogP contribution is 2.08. The predicted octanol–water partition coefficient (Wildman–Crippen LogP) is 0.725. The third-order valence-corrected chi connectivity index (χ3v) is 4.09. The minimum Gasteiger partial charge on any atom is -0.462 e. The Morgan fingerprint density at radius 1 is 1.67 bits per heavy atom. The maximum absolute atomic E-state index is 10.6. The van der Waals surface area contributed by atoms with Gasteiger partial charge in [-0.15, -0.1) is 0 Å². The maximum Gasteiger partial charge on any atom is 0.330 e. The molecule has 15 heavy (non-hydrogen) atoms. The monoisotopic (exact) mass is 254 g/mol. The van der Waals surface area contributed by atoms with E-state index < -0.39 is 21.3 Å². The SMILES string of the molecule is C=CC(=O)OCCSCC(C)S(=O)(=O)O. The van der Waals surface area contributed by atoms with Gasteiger partial charge in [-0.3, -0.25) is 4.55 Å². The van der Waals surface area contributed by atoms with Crippen LogP contribution in [0, 0.1) is 0 Å². The Kier molecular flexibility index (Phi) is 6.62.